The smallest absolute Gasteiger partial charge is 0.331 e. The van der Waals surface area contributed by atoms with E-state index in [2.05, 4.69) is 4.98 Å². The van der Waals surface area contributed by atoms with Gasteiger partial charge in [-0.25, -0.2) is 4.79 Å². The van der Waals surface area contributed by atoms with Crippen molar-refractivity contribution in [3.05, 3.63) is 57.2 Å². The predicted octanol–water partition coefficient (Wildman–Crippen LogP) is 3.28. The molecule has 0 saturated carbocycles. The van der Waals surface area contributed by atoms with Crippen molar-refractivity contribution in [1.82, 2.24) is 9.55 Å². The van der Waals surface area contributed by atoms with Crippen LogP contribution in [0, 0.1) is 0 Å². The fourth-order valence-electron chi connectivity index (χ4n) is 4.53. The van der Waals surface area contributed by atoms with Gasteiger partial charge in [0.1, 0.15) is 12.2 Å². The van der Waals surface area contributed by atoms with Gasteiger partial charge in [-0.3, -0.25) is 18.9 Å². The van der Waals surface area contributed by atoms with Crippen LogP contribution in [0.5, 0.6) is 0 Å². The van der Waals surface area contributed by atoms with E-state index in [1.807, 2.05) is 30.3 Å². The van der Waals surface area contributed by atoms with E-state index in [0.29, 0.717) is 17.7 Å². The fraction of sp³-hybridized carbons (Fsp3) is 0.565. The van der Waals surface area contributed by atoms with Gasteiger partial charge < -0.3 is 23.3 Å². The van der Waals surface area contributed by atoms with Crippen LogP contribution in [0.2, 0.25) is 0 Å². The maximum atomic E-state index is 13.0. The Kier molecular flexibility index (Phi) is 7.28. The molecule has 4 atom stereocenters. The van der Waals surface area contributed by atoms with Gasteiger partial charge in [0.05, 0.1) is 31.2 Å². The van der Waals surface area contributed by atoms with Crippen molar-refractivity contribution in [3.63, 3.8) is 0 Å². The lowest BCUT2D eigenvalue weighted by atomic mass is 10.1. The van der Waals surface area contributed by atoms with Gasteiger partial charge in [0.25, 0.3) is 5.56 Å². The number of benzene rings is 1. The monoisotopic (exact) mass is 494 g/mol. The topological polar surface area (TPSA) is 118 Å². The molecule has 2 aliphatic rings. The minimum absolute atomic E-state index is 0.130. The number of fused-ring (bicyclic) bond motifs is 1. The number of hydrogen-bond donors (Lipinski definition) is 1. The Morgan fingerprint density at radius 2 is 1.71 bits per heavy atom. The van der Waals surface area contributed by atoms with Crippen LogP contribution in [-0.2, 0) is 27.8 Å². The van der Waals surface area contributed by atoms with Crippen LogP contribution in [0.3, 0.4) is 0 Å². The number of ether oxygens (including phenoxy) is 3. The lowest BCUT2D eigenvalue weighted by Gasteiger charge is -2.26. The van der Waals surface area contributed by atoms with Gasteiger partial charge in [-0.05, 0) is 39.7 Å². The van der Waals surface area contributed by atoms with Gasteiger partial charge in [-0.1, -0.05) is 30.3 Å². The molecule has 3 heterocycles. The molecule has 2 saturated heterocycles. The van der Waals surface area contributed by atoms with E-state index in [-0.39, 0.29) is 19.4 Å². The third-order valence-electron chi connectivity index (χ3n) is 5.76. The minimum atomic E-state index is -3.30. The molecule has 0 radical (unpaired) electrons. The number of nitrogens with one attached hydrogen (secondary N) is 1. The zero-order valence-corrected chi connectivity index (χ0v) is 20.7. The summed E-state index contributed by atoms with van der Waals surface area (Å²) in [6.45, 7) is 7.62. The van der Waals surface area contributed by atoms with E-state index in [4.69, 9.17) is 23.3 Å². The molecule has 0 bridgehead atoms. The van der Waals surface area contributed by atoms with Crippen LogP contribution in [0.15, 0.2) is 46.0 Å². The normalized spacial score (nSPS) is 26.0. The Morgan fingerprint density at radius 3 is 2.35 bits per heavy atom. The maximum Gasteiger partial charge on any atom is 0.331 e. The highest BCUT2D eigenvalue weighted by molar-refractivity contribution is 7.53. The molecule has 0 amide bonds. The van der Waals surface area contributed by atoms with Crippen molar-refractivity contribution in [3.8, 4) is 11.3 Å². The minimum Gasteiger partial charge on any atom is -0.349 e. The molecule has 0 aliphatic carbocycles. The van der Waals surface area contributed by atoms with Gasteiger partial charge in [0.15, 0.2) is 12.0 Å². The standard InChI is InChI=1S/C23H31N2O8P/c1-5-29-34(28,30-6-2)13-12-17-19-20(33-23(3,4)32-19)21(31-17)25-16(14-18(26)24-22(25)27)15-10-8-7-9-11-15/h7-11,14,17,19-21H,5-6,12-13H2,1-4H3,(H,24,26,27)/t17-,19-,20-,21-/m1/s1. The summed E-state index contributed by atoms with van der Waals surface area (Å²) >= 11 is 0. The molecule has 2 aliphatic heterocycles. The Morgan fingerprint density at radius 1 is 1.06 bits per heavy atom. The van der Waals surface area contributed by atoms with Crippen LogP contribution >= 0.6 is 7.60 Å². The second kappa shape index (κ2) is 9.89. The average molecular weight is 494 g/mol. The summed E-state index contributed by atoms with van der Waals surface area (Å²) in [6, 6.07) is 10.5. The first kappa shape index (κ1) is 25.0. The Hall–Kier alpha value is -2.07. The highest BCUT2D eigenvalue weighted by Crippen LogP contribution is 2.51. The Labute approximate surface area is 197 Å². The van der Waals surface area contributed by atoms with E-state index < -0.39 is 49.2 Å². The average Bonchev–Trinajstić information content (AvgIpc) is 3.26. The molecule has 186 valence electrons. The Bertz CT molecular complexity index is 1150. The molecule has 1 aromatic carbocycles. The molecule has 1 aromatic heterocycles. The summed E-state index contributed by atoms with van der Waals surface area (Å²) in [4.78, 5) is 27.5. The summed E-state index contributed by atoms with van der Waals surface area (Å²) in [5, 5.41) is 0. The number of H-pyrrole nitrogens is 1. The summed E-state index contributed by atoms with van der Waals surface area (Å²) in [5.41, 5.74) is -0.0334. The molecule has 2 aromatic rings. The lowest BCUT2D eigenvalue weighted by molar-refractivity contribution is -0.197. The highest BCUT2D eigenvalue weighted by Gasteiger charge is 2.56. The molecule has 11 heteroatoms. The van der Waals surface area contributed by atoms with Crippen molar-refractivity contribution < 1.29 is 27.8 Å². The second-order valence-electron chi connectivity index (χ2n) is 8.65. The number of aromatic nitrogens is 2. The zero-order valence-electron chi connectivity index (χ0n) is 19.8. The van der Waals surface area contributed by atoms with Crippen molar-refractivity contribution in [2.45, 2.75) is 64.4 Å². The maximum absolute atomic E-state index is 13.0. The molecule has 0 spiro atoms. The summed E-state index contributed by atoms with van der Waals surface area (Å²) in [5.74, 6) is -0.905. The first-order chi connectivity index (χ1) is 16.2. The van der Waals surface area contributed by atoms with Crippen LogP contribution in [-0.4, -0.2) is 53.0 Å². The highest BCUT2D eigenvalue weighted by atomic mass is 31.2. The molecule has 4 rings (SSSR count). The summed E-state index contributed by atoms with van der Waals surface area (Å²) < 4.78 is 43.8. The van der Waals surface area contributed by atoms with E-state index in [1.165, 1.54) is 10.6 Å². The molecular formula is C23H31N2O8P. The molecular weight excluding hydrogens is 463 g/mol. The number of rotatable bonds is 9. The molecule has 34 heavy (non-hydrogen) atoms. The third kappa shape index (κ3) is 5.12. The third-order valence-corrected chi connectivity index (χ3v) is 7.87. The molecule has 1 N–H and O–H groups in total. The SMILES string of the molecule is CCOP(=O)(CC[C@H]1O[C@@H](n2c(-c3ccccc3)cc(=O)[nH]c2=O)[C@@H]2OC(C)(C)O[C@@H]21)OCC. The fourth-order valence-corrected chi connectivity index (χ4v) is 6.22. The van der Waals surface area contributed by atoms with Gasteiger partial charge in [0, 0.05) is 6.07 Å². The number of aromatic amines is 1. The lowest BCUT2D eigenvalue weighted by Crippen LogP contribution is -2.38. The largest absolute Gasteiger partial charge is 0.349 e. The first-order valence-corrected chi connectivity index (χ1v) is 13.2. The molecule has 2 fully saturated rings. The van der Waals surface area contributed by atoms with Crippen molar-refractivity contribution in [2.75, 3.05) is 19.4 Å². The molecule has 0 unspecified atom stereocenters. The van der Waals surface area contributed by atoms with Crippen LogP contribution < -0.4 is 11.2 Å². The zero-order chi connectivity index (χ0) is 24.5. The van der Waals surface area contributed by atoms with Gasteiger partial charge in [-0.2, -0.15) is 0 Å². The van der Waals surface area contributed by atoms with Crippen molar-refractivity contribution in [2.24, 2.45) is 0 Å². The van der Waals surface area contributed by atoms with E-state index in [1.54, 1.807) is 27.7 Å². The van der Waals surface area contributed by atoms with E-state index in [0.717, 1.165) is 0 Å². The van der Waals surface area contributed by atoms with Crippen molar-refractivity contribution in [1.29, 1.82) is 0 Å². The van der Waals surface area contributed by atoms with Crippen LogP contribution in [0.4, 0.5) is 0 Å². The van der Waals surface area contributed by atoms with Gasteiger partial charge in [0.2, 0.25) is 0 Å². The van der Waals surface area contributed by atoms with E-state index >= 15 is 0 Å². The van der Waals surface area contributed by atoms with Crippen LogP contribution in [0.1, 0.15) is 40.3 Å². The number of nitrogens with zero attached hydrogens (tertiary/aromatic N) is 1. The predicted molar refractivity (Wildman–Crippen MR) is 125 cm³/mol. The second-order valence-corrected chi connectivity index (χ2v) is 10.8. The molecule has 10 nitrogen and oxygen atoms in total. The van der Waals surface area contributed by atoms with Crippen molar-refractivity contribution >= 4 is 7.60 Å². The van der Waals surface area contributed by atoms with Gasteiger partial charge >= 0.3 is 13.3 Å². The summed E-state index contributed by atoms with van der Waals surface area (Å²) in [6.07, 6.45) is -2.09. The first-order valence-electron chi connectivity index (χ1n) is 11.5. The van der Waals surface area contributed by atoms with E-state index in [9.17, 15) is 14.2 Å². The number of hydrogen-bond acceptors (Lipinski definition) is 8. The van der Waals surface area contributed by atoms with Gasteiger partial charge in [-0.15, -0.1) is 0 Å². The van der Waals surface area contributed by atoms with Crippen LogP contribution in [0.25, 0.3) is 11.3 Å². The Balaban J connectivity index is 1.69. The quantitative estimate of drug-likeness (QED) is 0.528. The summed E-state index contributed by atoms with van der Waals surface area (Å²) in [7, 11) is -3.30.